The van der Waals surface area contributed by atoms with E-state index in [9.17, 15) is 9.59 Å². The number of carbonyl (C=O) groups excluding carboxylic acids is 1. The summed E-state index contributed by atoms with van der Waals surface area (Å²) < 4.78 is 0. The zero-order valence-electron chi connectivity index (χ0n) is 10.3. The van der Waals surface area contributed by atoms with Gasteiger partial charge in [0.25, 0.3) is 0 Å². The SMILES string of the molecule is O=C(O)CCCCNCCC(=O)N1CCCC1. The number of aliphatic carboxylic acids is 1. The van der Waals surface area contributed by atoms with Gasteiger partial charge in [-0.15, -0.1) is 0 Å². The number of carboxylic acids is 1. The van der Waals surface area contributed by atoms with Crippen LogP contribution in [-0.4, -0.2) is 48.1 Å². The van der Waals surface area contributed by atoms with Crippen LogP contribution < -0.4 is 5.32 Å². The molecule has 0 unspecified atom stereocenters. The van der Waals surface area contributed by atoms with E-state index in [0.717, 1.165) is 38.9 Å². The van der Waals surface area contributed by atoms with Gasteiger partial charge >= 0.3 is 5.97 Å². The predicted molar refractivity (Wildman–Crippen MR) is 64.8 cm³/mol. The minimum absolute atomic E-state index is 0.231. The molecule has 0 aromatic carbocycles. The zero-order valence-corrected chi connectivity index (χ0v) is 10.3. The molecule has 17 heavy (non-hydrogen) atoms. The molecule has 1 amide bonds. The molecule has 0 aromatic rings. The number of rotatable bonds is 8. The van der Waals surface area contributed by atoms with E-state index in [4.69, 9.17) is 5.11 Å². The first kappa shape index (κ1) is 14.0. The molecule has 1 aliphatic heterocycles. The van der Waals surface area contributed by atoms with Crippen molar-refractivity contribution < 1.29 is 14.7 Å². The topological polar surface area (TPSA) is 69.6 Å². The molecule has 1 saturated heterocycles. The Kier molecular flexibility index (Phi) is 6.62. The second kappa shape index (κ2) is 8.06. The number of hydrogen-bond donors (Lipinski definition) is 2. The fraction of sp³-hybridized carbons (Fsp3) is 0.833. The van der Waals surface area contributed by atoms with E-state index in [-0.39, 0.29) is 12.3 Å². The Balaban J connectivity index is 1.89. The van der Waals surface area contributed by atoms with Gasteiger partial charge in [0.15, 0.2) is 0 Å². The van der Waals surface area contributed by atoms with E-state index in [2.05, 4.69) is 5.32 Å². The maximum atomic E-state index is 11.6. The monoisotopic (exact) mass is 242 g/mol. The smallest absolute Gasteiger partial charge is 0.303 e. The third-order valence-electron chi connectivity index (χ3n) is 2.97. The van der Waals surface area contributed by atoms with Gasteiger partial charge in [0.2, 0.25) is 5.91 Å². The summed E-state index contributed by atoms with van der Waals surface area (Å²) in [6.45, 7) is 3.32. The molecular formula is C12H22N2O3. The number of amides is 1. The highest BCUT2D eigenvalue weighted by molar-refractivity contribution is 5.76. The Morgan fingerprint density at radius 2 is 1.76 bits per heavy atom. The van der Waals surface area contributed by atoms with Crippen molar-refractivity contribution in [2.75, 3.05) is 26.2 Å². The highest BCUT2D eigenvalue weighted by Gasteiger charge is 2.16. The molecule has 1 aliphatic rings. The average Bonchev–Trinajstić information content (AvgIpc) is 2.80. The van der Waals surface area contributed by atoms with Crippen molar-refractivity contribution in [1.82, 2.24) is 10.2 Å². The van der Waals surface area contributed by atoms with Gasteiger partial charge in [0.1, 0.15) is 0 Å². The first-order valence-corrected chi connectivity index (χ1v) is 6.40. The molecule has 1 fully saturated rings. The lowest BCUT2D eigenvalue weighted by molar-refractivity contribution is -0.137. The number of carboxylic acid groups (broad SMARTS) is 1. The van der Waals surface area contributed by atoms with Crippen molar-refractivity contribution in [3.05, 3.63) is 0 Å². The van der Waals surface area contributed by atoms with E-state index in [1.54, 1.807) is 0 Å². The van der Waals surface area contributed by atoms with Crippen LogP contribution in [0.4, 0.5) is 0 Å². The summed E-state index contributed by atoms with van der Waals surface area (Å²) in [7, 11) is 0. The van der Waals surface area contributed by atoms with Crippen LogP contribution in [0.2, 0.25) is 0 Å². The number of nitrogens with one attached hydrogen (secondary N) is 1. The number of carbonyl (C=O) groups is 2. The van der Waals surface area contributed by atoms with Crippen molar-refractivity contribution in [3.63, 3.8) is 0 Å². The predicted octanol–water partition coefficient (Wildman–Crippen LogP) is 0.843. The second-order valence-electron chi connectivity index (χ2n) is 4.44. The van der Waals surface area contributed by atoms with Crippen molar-refractivity contribution in [2.45, 2.75) is 38.5 Å². The molecule has 0 aromatic heterocycles. The Morgan fingerprint density at radius 3 is 2.41 bits per heavy atom. The summed E-state index contributed by atoms with van der Waals surface area (Å²) in [6, 6.07) is 0. The maximum Gasteiger partial charge on any atom is 0.303 e. The molecule has 0 saturated carbocycles. The van der Waals surface area contributed by atoms with Crippen LogP contribution in [0.25, 0.3) is 0 Å². The third-order valence-corrected chi connectivity index (χ3v) is 2.97. The molecule has 0 atom stereocenters. The van der Waals surface area contributed by atoms with Gasteiger partial charge in [-0.25, -0.2) is 0 Å². The molecule has 2 N–H and O–H groups in total. The lowest BCUT2D eigenvalue weighted by atomic mass is 10.2. The van der Waals surface area contributed by atoms with Crippen LogP contribution in [-0.2, 0) is 9.59 Å². The molecule has 5 heteroatoms. The summed E-state index contributed by atoms with van der Waals surface area (Å²) >= 11 is 0. The lowest BCUT2D eigenvalue weighted by Crippen LogP contribution is -2.30. The Labute approximate surface area is 102 Å². The lowest BCUT2D eigenvalue weighted by Gasteiger charge is -2.15. The Morgan fingerprint density at radius 1 is 1.06 bits per heavy atom. The normalized spacial score (nSPS) is 15.2. The quantitative estimate of drug-likeness (QED) is 0.619. The molecule has 0 bridgehead atoms. The number of unbranched alkanes of at least 4 members (excludes halogenated alkanes) is 1. The molecule has 0 spiro atoms. The number of hydrogen-bond acceptors (Lipinski definition) is 3. The van der Waals surface area contributed by atoms with E-state index < -0.39 is 5.97 Å². The van der Waals surface area contributed by atoms with E-state index >= 15 is 0 Å². The van der Waals surface area contributed by atoms with Gasteiger partial charge in [-0.2, -0.15) is 0 Å². The van der Waals surface area contributed by atoms with Gasteiger partial charge in [-0.05, 0) is 32.2 Å². The zero-order chi connectivity index (χ0) is 12.5. The maximum absolute atomic E-state index is 11.6. The van der Waals surface area contributed by atoms with Crippen molar-refractivity contribution in [3.8, 4) is 0 Å². The number of likely N-dealkylation sites (tertiary alicyclic amines) is 1. The number of nitrogens with zero attached hydrogens (tertiary/aromatic N) is 1. The fourth-order valence-electron chi connectivity index (χ4n) is 1.97. The van der Waals surface area contributed by atoms with E-state index in [0.29, 0.717) is 19.4 Å². The molecule has 5 nitrogen and oxygen atoms in total. The third kappa shape index (κ3) is 6.26. The average molecular weight is 242 g/mol. The summed E-state index contributed by atoms with van der Waals surface area (Å²) in [5.41, 5.74) is 0. The van der Waals surface area contributed by atoms with Gasteiger partial charge in [0.05, 0.1) is 0 Å². The van der Waals surface area contributed by atoms with Gasteiger partial charge in [0, 0.05) is 32.5 Å². The van der Waals surface area contributed by atoms with Crippen LogP contribution in [0, 0.1) is 0 Å². The van der Waals surface area contributed by atoms with Crippen LogP contribution in [0.15, 0.2) is 0 Å². The highest BCUT2D eigenvalue weighted by atomic mass is 16.4. The largest absolute Gasteiger partial charge is 0.481 e. The van der Waals surface area contributed by atoms with Crippen molar-refractivity contribution in [2.24, 2.45) is 0 Å². The van der Waals surface area contributed by atoms with Crippen molar-refractivity contribution >= 4 is 11.9 Å². The standard InChI is InChI=1S/C12H22N2O3/c15-11(14-9-3-4-10-14)6-8-13-7-2-1-5-12(16)17/h13H,1-10H2,(H,16,17). The first-order valence-electron chi connectivity index (χ1n) is 6.40. The molecule has 0 radical (unpaired) electrons. The molecule has 98 valence electrons. The van der Waals surface area contributed by atoms with Crippen LogP contribution in [0.3, 0.4) is 0 Å². The van der Waals surface area contributed by atoms with Crippen molar-refractivity contribution in [1.29, 1.82) is 0 Å². The second-order valence-corrected chi connectivity index (χ2v) is 4.44. The summed E-state index contributed by atoms with van der Waals surface area (Å²) in [6.07, 6.45) is 4.60. The minimum atomic E-state index is -0.741. The van der Waals surface area contributed by atoms with Crippen LogP contribution in [0.1, 0.15) is 38.5 Å². The van der Waals surface area contributed by atoms with Crippen LogP contribution >= 0.6 is 0 Å². The molecule has 0 aliphatic carbocycles. The fourth-order valence-corrected chi connectivity index (χ4v) is 1.97. The molecule has 1 heterocycles. The highest BCUT2D eigenvalue weighted by Crippen LogP contribution is 2.08. The summed E-state index contributed by atoms with van der Waals surface area (Å²) in [5.74, 6) is -0.505. The van der Waals surface area contributed by atoms with Gasteiger partial charge in [-0.3, -0.25) is 9.59 Å². The molecular weight excluding hydrogens is 220 g/mol. The van der Waals surface area contributed by atoms with E-state index in [1.807, 2.05) is 4.90 Å². The summed E-state index contributed by atoms with van der Waals surface area (Å²) in [5, 5.41) is 11.6. The molecule has 1 rings (SSSR count). The Bertz CT molecular complexity index is 250. The van der Waals surface area contributed by atoms with Crippen LogP contribution in [0.5, 0.6) is 0 Å². The Hall–Kier alpha value is -1.10. The van der Waals surface area contributed by atoms with Gasteiger partial charge < -0.3 is 15.3 Å². The van der Waals surface area contributed by atoms with E-state index in [1.165, 1.54) is 0 Å². The minimum Gasteiger partial charge on any atom is -0.481 e. The summed E-state index contributed by atoms with van der Waals surface area (Å²) in [4.78, 5) is 23.8. The first-order chi connectivity index (χ1) is 8.20. The van der Waals surface area contributed by atoms with Gasteiger partial charge in [-0.1, -0.05) is 0 Å².